The minimum Gasteiger partial charge on any atom is -0.389 e. The van der Waals surface area contributed by atoms with Gasteiger partial charge in [0.2, 0.25) is 0 Å². The van der Waals surface area contributed by atoms with E-state index >= 15 is 0 Å². The predicted molar refractivity (Wildman–Crippen MR) is 133 cm³/mol. The highest BCUT2D eigenvalue weighted by atomic mass is 32.2. The summed E-state index contributed by atoms with van der Waals surface area (Å²) in [5.41, 5.74) is 0.959. The van der Waals surface area contributed by atoms with Crippen molar-refractivity contribution in [3.05, 3.63) is 109 Å². The standard InChI is InChI=1S/C28H22OS2/c1-19(29)27-15-14-26(30-24-12-10-20-6-2-4-8-22(20)16-24)18-28(27)31-25-13-11-21-7-3-5-9-23(21)17-25/h2-19,29H,1H3. The van der Waals surface area contributed by atoms with Gasteiger partial charge in [-0.1, -0.05) is 90.3 Å². The van der Waals surface area contributed by atoms with Crippen molar-refractivity contribution in [2.24, 2.45) is 0 Å². The molecule has 3 heteroatoms. The Labute approximate surface area is 191 Å². The Kier molecular flexibility index (Phi) is 5.73. The van der Waals surface area contributed by atoms with Gasteiger partial charge in [0.05, 0.1) is 6.10 Å². The molecule has 1 atom stereocenters. The van der Waals surface area contributed by atoms with Gasteiger partial charge in [-0.2, -0.15) is 0 Å². The van der Waals surface area contributed by atoms with E-state index in [-0.39, 0.29) is 0 Å². The molecule has 1 unspecified atom stereocenters. The van der Waals surface area contributed by atoms with Crippen LogP contribution in [0.5, 0.6) is 0 Å². The van der Waals surface area contributed by atoms with E-state index in [2.05, 4.69) is 103 Å². The van der Waals surface area contributed by atoms with Crippen LogP contribution in [-0.2, 0) is 0 Å². The summed E-state index contributed by atoms with van der Waals surface area (Å²) >= 11 is 3.47. The lowest BCUT2D eigenvalue weighted by Crippen LogP contribution is -1.94. The summed E-state index contributed by atoms with van der Waals surface area (Å²) in [7, 11) is 0. The molecule has 5 aromatic rings. The van der Waals surface area contributed by atoms with Crippen molar-refractivity contribution < 1.29 is 5.11 Å². The third-order valence-electron chi connectivity index (χ3n) is 5.34. The van der Waals surface area contributed by atoms with Gasteiger partial charge in [0.25, 0.3) is 0 Å². The summed E-state index contributed by atoms with van der Waals surface area (Å²) in [6.07, 6.45) is -0.511. The number of aliphatic hydroxyl groups excluding tert-OH is 1. The van der Waals surface area contributed by atoms with Gasteiger partial charge in [-0.3, -0.25) is 0 Å². The zero-order chi connectivity index (χ0) is 21.2. The lowest BCUT2D eigenvalue weighted by atomic mass is 10.1. The molecule has 0 fully saturated rings. The molecule has 0 amide bonds. The normalized spacial score (nSPS) is 12.3. The summed E-state index contributed by atoms with van der Waals surface area (Å²) in [5, 5.41) is 15.3. The van der Waals surface area contributed by atoms with Crippen LogP contribution >= 0.6 is 23.5 Å². The molecule has 0 aliphatic rings. The predicted octanol–water partition coefficient (Wildman–Crippen LogP) is 8.35. The summed E-state index contributed by atoms with van der Waals surface area (Å²) in [6.45, 7) is 1.83. The number of benzene rings is 5. The Morgan fingerprint density at radius 1 is 0.548 bits per heavy atom. The first-order chi connectivity index (χ1) is 15.2. The van der Waals surface area contributed by atoms with Crippen molar-refractivity contribution in [1.82, 2.24) is 0 Å². The molecule has 0 saturated carbocycles. The molecule has 0 saturated heterocycles. The highest BCUT2D eigenvalue weighted by Crippen LogP contribution is 2.39. The first-order valence-electron chi connectivity index (χ1n) is 10.3. The van der Waals surface area contributed by atoms with E-state index in [1.165, 1.54) is 36.2 Å². The van der Waals surface area contributed by atoms with Gasteiger partial charge in [0, 0.05) is 19.6 Å². The lowest BCUT2D eigenvalue weighted by molar-refractivity contribution is 0.196. The molecule has 1 nitrogen and oxygen atoms in total. The Bertz CT molecular complexity index is 1370. The Hall–Kier alpha value is -2.72. The van der Waals surface area contributed by atoms with Gasteiger partial charge in [0.1, 0.15) is 0 Å². The van der Waals surface area contributed by atoms with Crippen molar-refractivity contribution >= 4 is 45.1 Å². The van der Waals surface area contributed by atoms with E-state index in [0.29, 0.717) is 0 Å². The summed E-state index contributed by atoms with van der Waals surface area (Å²) < 4.78 is 0. The van der Waals surface area contributed by atoms with E-state index in [1.54, 1.807) is 23.5 Å². The largest absolute Gasteiger partial charge is 0.389 e. The van der Waals surface area contributed by atoms with Gasteiger partial charge >= 0.3 is 0 Å². The summed E-state index contributed by atoms with van der Waals surface area (Å²) in [6, 6.07) is 36.3. The molecule has 0 heterocycles. The maximum absolute atomic E-state index is 10.3. The first kappa shape index (κ1) is 20.2. The quantitative estimate of drug-likeness (QED) is 0.298. The molecule has 0 aliphatic heterocycles. The topological polar surface area (TPSA) is 20.2 Å². The van der Waals surface area contributed by atoms with Gasteiger partial charge in [-0.05, 0) is 70.4 Å². The van der Waals surface area contributed by atoms with Crippen LogP contribution in [0.15, 0.2) is 123 Å². The molecule has 152 valence electrons. The van der Waals surface area contributed by atoms with Gasteiger partial charge in [-0.25, -0.2) is 0 Å². The summed E-state index contributed by atoms with van der Waals surface area (Å²) in [4.78, 5) is 4.65. The van der Waals surface area contributed by atoms with Crippen LogP contribution in [-0.4, -0.2) is 5.11 Å². The minimum absolute atomic E-state index is 0.511. The smallest absolute Gasteiger partial charge is 0.0772 e. The maximum Gasteiger partial charge on any atom is 0.0772 e. The highest BCUT2D eigenvalue weighted by molar-refractivity contribution is 8.00. The Balaban J connectivity index is 1.47. The van der Waals surface area contributed by atoms with Gasteiger partial charge in [-0.15, -0.1) is 0 Å². The van der Waals surface area contributed by atoms with Crippen LogP contribution in [0.25, 0.3) is 21.5 Å². The van der Waals surface area contributed by atoms with E-state index in [0.717, 1.165) is 10.5 Å². The summed E-state index contributed by atoms with van der Waals surface area (Å²) in [5.74, 6) is 0. The van der Waals surface area contributed by atoms with Crippen molar-refractivity contribution in [2.75, 3.05) is 0 Å². The molecule has 5 rings (SSSR count). The van der Waals surface area contributed by atoms with Crippen LogP contribution in [0, 0.1) is 0 Å². The van der Waals surface area contributed by atoms with Crippen LogP contribution in [0.3, 0.4) is 0 Å². The van der Waals surface area contributed by atoms with Crippen LogP contribution in [0.2, 0.25) is 0 Å². The van der Waals surface area contributed by atoms with E-state index in [9.17, 15) is 5.11 Å². The highest BCUT2D eigenvalue weighted by Gasteiger charge is 2.12. The lowest BCUT2D eigenvalue weighted by Gasteiger charge is -2.14. The second-order valence-corrected chi connectivity index (χ2v) is 9.86. The van der Waals surface area contributed by atoms with E-state index < -0.39 is 6.10 Å². The van der Waals surface area contributed by atoms with Crippen LogP contribution in [0.4, 0.5) is 0 Å². The fraction of sp³-hybridized carbons (Fsp3) is 0.0714. The minimum atomic E-state index is -0.511. The first-order valence-corrected chi connectivity index (χ1v) is 11.9. The van der Waals surface area contributed by atoms with Gasteiger partial charge in [0.15, 0.2) is 0 Å². The van der Waals surface area contributed by atoms with E-state index in [4.69, 9.17) is 0 Å². The number of hydrogen-bond acceptors (Lipinski definition) is 3. The molecule has 31 heavy (non-hydrogen) atoms. The molecule has 0 spiro atoms. The van der Waals surface area contributed by atoms with Crippen LogP contribution in [0.1, 0.15) is 18.6 Å². The molecule has 0 aliphatic carbocycles. The zero-order valence-corrected chi connectivity index (χ0v) is 18.8. The third kappa shape index (κ3) is 4.49. The van der Waals surface area contributed by atoms with Crippen molar-refractivity contribution in [3.8, 4) is 0 Å². The van der Waals surface area contributed by atoms with Crippen LogP contribution < -0.4 is 0 Å². The Morgan fingerprint density at radius 2 is 1.03 bits per heavy atom. The monoisotopic (exact) mass is 438 g/mol. The van der Waals surface area contributed by atoms with Crippen molar-refractivity contribution in [3.63, 3.8) is 0 Å². The third-order valence-corrected chi connectivity index (χ3v) is 7.38. The number of aliphatic hydroxyl groups is 1. The zero-order valence-electron chi connectivity index (χ0n) is 17.2. The maximum atomic E-state index is 10.3. The SMILES string of the molecule is CC(O)c1ccc(Sc2ccc3ccccc3c2)cc1Sc1ccc2ccccc2c1. The average Bonchev–Trinajstić information content (AvgIpc) is 2.79. The number of hydrogen-bond donors (Lipinski definition) is 1. The molecular weight excluding hydrogens is 416 g/mol. The molecule has 5 aromatic carbocycles. The molecule has 1 N–H and O–H groups in total. The average molecular weight is 439 g/mol. The second kappa shape index (κ2) is 8.80. The molecular formula is C28H22OS2. The number of rotatable bonds is 5. The molecule has 0 bridgehead atoms. The van der Waals surface area contributed by atoms with E-state index in [1.807, 2.05) is 6.92 Å². The van der Waals surface area contributed by atoms with Gasteiger partial charge < -0.3 is 5.11 Å². The fourth-order valence-electron chi connectivity index (χ4n) is 3.74. The van der Waals surface area contributed by atoms with Crippen molar-refractivity contribution in [1.29, 1.82) is 0 Å². The second-order valence-electron chi connectivity index (χ2n) is 7.60. The molecule has 0 radical (unpaired) electrons. The molecule has 0 aromatic heterocycles. The number of fused-ring (bicyclic) bond motifs is 2. The Morgan fingerprint density at radius 3 is 1.61 bits per heavy atom. The fourth-order valence-corrected chi connectivity index (χ4v) is 5.84. The van der Waals surface area contributed by atoms with Crippen molar-refractivity contribution in [2.45, 2.75) is 32.6 Å².